The van der Waals surface area contributed by atoms with Gasteiger partial charge in [0.05, 0.1) is 6.54 Å². The lowest BCUT2D eigenvalue weighted by Gasteiger charge is -2.36. The zero-order valence-corrected chi connectivity index (χ0v) is 15.8. The first kappa shape index (κ1) is 17.6. The van der Waals surface area contributed by atoms with Crippen molar-refractivity contribution < 1.29 is 9.47 Å². The highest BCUT2D eigenvalue weighted by atomic mass is 16.7. The second kappa shape index (κ2) is 7.83. The maximum Gasteiger partial charge on any atom is 0.231 e. The number of benzene rings is 1. The summed E-state index contributed by atoms with van der Waals surface area (Å²) in [5.74, 6) is 3.47. The van der Waals surface area contributed by atoms with Crippen molar-refractivity contribution in [2.24, 2.45) is 12.0 Å². The van der Waals surface area contributed by atoms with Crippen LogP contribution in [0.2, 0.25) is 0 Å². The molecule has 2 aliphatic rings. The van der Waals surface area contributed by atoms with Gasteiger partial charge in [0.15, 0.2) is 17.5 Å². The largest absolute Gasteiger partial charge is 0.454 e. The van der Waals surface area contributed by atoms with Gasteiger partial charge in [0, 0.05) is 46.8 Å². The summed E-state index contributed by atoms with van der Waals surface area (Å²) < 4.78 is 12.6. The van der Waals surface area contributed by atoms with Gasteiger partial charge in [0.1, 0.15) is 12.2 Å². The second-order valence-electron chi connectivity index (χ2n) is 6.65. The lowest BCUT2D eigenvalue weighted by Crippen LogP contribution is -2.52. The van der Waals surface area contributed by atoms with E-state index in [4.69, 9.17) is 9.47 Å². The number of nitrogens with one attached hydrogen (secondary N) is 1. The van der Waals surface area contributed by atoms with Gasteiger partial charge >= 0.3 is 0 Å². The van der Waals surface area contributed by atoms with Crippen molar-refractivity contribution >= 4 is 5.96 Å². The molecule has 0 aliphatic carbocycles. The molecule has 9 nitrogen and oxygen atoms in total. The molecule has 0 spiro atoms. The number of hydrogen-bond donors (Lipinski definition) is 1. The van der Waals surface area contributed by atoms with E-state index in [9.17, 15) is 0 Å². The highest BCUT2D eigenvalue weighted by Gasteiger charge is 2.21. The third kappa shape index (κ3) is 3.97. The molecule has 3 heterocycles. The third-order valence-corrected chi connectivity index (χ3v) is 4.94. The van der Waals surface area contributed by atoms with Crippen molar-refractivity contribution in [2.45, 2.75) is 13.1 Å². The molecule has 1 aromatic heterocycles. The monoisotopic (exact) mass is 371 g/mol. The average molecular weight is 371 g/mol. The molecule has 2 aromatic rings. The maximum absolute atomic E-state index is 5.47. The number of aryl methyl sites for hydroxylation is 1. The normalized spacial score (nSPS) is 17.4. The Morgan fingerprint density at radius 2 is 2.00 bits per heavy atom. The summed E-state index contributed by atoms with van der Waals surface area (Å²) in [6.45, 7) is 5.68. The number of aliphatic imine (C=N–C) groups is 1. The summed E-state index contributed by atoms with van der Waals surface area (Å²) in [5.41, 5.74) is 1.25. The molecule has 4 rings (SSSR count). The van der Waals surface area contributed by atoms with Gasteiger partial charge in [-0.15, -0.1) is 0 Å². The second-order valence-corrected chi connectivity index (χ2v) is 6.65. The maximum atomic E-state index is 5.47. The lowest BCUT2D eigenvalue weighted by molar-refractivity contribution is 0.171. The van der Waals surface area contributed by atoms with Crippen LogP contribution in [0.1, 0.15) is 11.4 Å². The molecule has 9 heteroatoms. The zero-order chi connectivity index (χ0) is 18.6. The van der Waals surface area contributed by atoms with Crippen LogP contribution in [0.5, 0.6) is 11.5 Å². The van der Waals surface area contributed by atoms with E-state index < -0.39 is 0 Å². The fraction of sp³-hybridized carbons (Fsp3) is 0.500. The van der Waals surface area contributed by atoms with Crippen LogP contribution in [-0.4, -0.2) is 70.5 Å². The Labute approximate surface area is 158 Å². The minimum atomic E-state index is 0.317. The van der Waals surface area contributed by atoms with E-state index in [-0.39, 0.29) is 0 Å². The summed E-state index contributed by atoms with van der Waals surface area (Å²) in [6.07, 6.45) is 1.56. The number of ether oxygens (including phenoxy) is 2. The van der Waals surface area contributed by atoms with Crippen molar-refractivity contribution in [1.29, 1.82) is 0 Å². The van der Waals surface area contributed by atoms with Crippen LogP contribution < -0.4 is 14.8 Å². The Bertz CT molecular complexity index is 812. The molecule has 0 radical (unpaired) electrons. The van der Waals surface area contributed by atoms with Crippen molar-refractivity contribution in [3.05, 3.63) is 35.9 Å². The summed E-state index contributed by atoms with van der Waals surface area (Å²) in [4.78, 5) is 13.4. The van der Waals surface area contributed by atoms with Crippen molar-refractivity contribution in [1.82, 2.24) is 29.9 Å². The van der Waals surface area contributed by atoms with Crippen LogP contribution in [-0.2, 0) is 20.1 Å². The Kier molecular flexibility index (Phi) is 5.10. The number of hydrogen-bond acceptors (Lipinski definition) is 6. The van der Waals surface area contributed by atoms with Gasteiger partial charge in [-0.2, -0.15) is 5.10 Å². The molecule has 144 valence electrons. The highest BCUT2D eigenvalue weighted by Crippen LogP contribution is 2.32. The number of guanidine groups is 1. The van der Waals surface area contributed by atoms with Gasteiger partial charge in [-0.25, -0.2) is 4.98 Å². The molecule has 1 fully saturated rings. The number of aromatic nitrogens is 3. The molecule has 0 bridgehead atoms. The van der Waals surface area contributed by atoms with Crippen LogP contribution in [0, 0.1) is 0 Å². The topological polar surface area (TPSA) is 80.0 Å². The van der Waals surface area contributed by atoms with Gasteiger partial charge in [-0.05, 0) is 17.7 Å². The first-order valence-electron chi connectivity index (χ1n) is 9.12. The Morgan fingerprint density at radius 1 is 1.19 bits per heavy atom. The number of nitrogens with zero attached hydrogens (tertiary/aromatic N) is 6. The summed E-state index contributed by atoms with van der Waals surface area (Å²) in [6, 6.07) is 6.18. The first-order chi connectivity index (χ1) is 13.2. The van der Waals surface area contributed by atoms with Gasteiger partial charge < -0.3 is 19.7 Å². The van der Waals surface area contributed by atoms with Crippen molar-refractivity contribution in [2.75, 3.05) is 40.0 Å². The third-order valence-electron chi connectivity index (χ3n) is 4.94. The summed E-state index contributed by atoms with van der Waals surface area (Å²) in [5, 5.41) is 7.47. The van der Waals surface area contributed by atoms with Crippen molar-refractivity contribution in [3.63, 3.8) is 0 Å². The Balaban J connectivity index is 1.28. The molecular weight excluding hydrogens is 346 g/mol. The van der Waals surface area contributed by atoms with E-state index in [1.165, 1.54) is 5.56 Å². The van der Waals surface area contributed by atoms with Crippen LogP contribution in [0.15, 0.2) is 29.5 Å². The fourth-order valence-corrected chi connectivity index (χ4v) is 3.39. The number of rotatable bonds is 4. The minimum Gasteiger partial charge on any atom is -0.454 e. The standard InChI is InChI=1S/C18H25N7O2/c1-19-18(20-10-17-21-12-22-23(17)2)25-7-5-24(6-8-25)11-14-3-4-15-16(9-14)27-13-26-15/h3-4,9,12H,5-8,10-11,13H2,1-2H3,(H,19,20). The van der Waals surface area contributed by atoms with Crippen LogP contribution in [0.3, 0.4) is 0 Å². The first-order valence-corrected chi connectivity index (χ1v) is 9.12. The van der Waals surface area contributed by atoms with Crippen molar-refractivity contribution in [3.8, 4) is 11.5 Å². The van der Waals surface area contributed by atoms with E-state index >= 15 is 0 Å². The van der Waals surface area contributed by atoms with E-state index in [0.29, 0.717) is 13.3 Å². The molecule has 2 aliphatic heterocycles. The molecule has 0 amide bonds. The molecule has 0 saturated carbocycles. The van der Waals surface area contributed by atoms with E-state index in [2.05, 4.69) is 42.3 Å². The van der Waals surface area contributed by atoms with E-state index in [1.54, 1.807) is 11.0 Å². The number of fused-ring (bicyclic) bond motifs is 1. The summed E-state index contributed by atoms with van der Waals surface area (Å²) in [7, 11) is 3.71. The van der Waals surface area contributed by atoms with Gasteiger partial charge in [-0.3, -0.25) is 14.6 Å². The Morgan fingerprint density at radius 3 is 2.74 bits per heavy atom. The predicted octanol–water partition coefficient (Wildman–Crippen LogP) is 0.437. The Hall–Kier alpha value is -2.81. The van der Waals surface area contributed by atoms with Crippen LogP contribution in [0.25, 0.3) is 0 Å². The predicted molar refractivity (Wildman–Crippen MR) is 101 cm³/mol. The van der Waals surface area contributed by atoms with Crippen LogP contribution >= 0.6 is 0 Å². The highest BCUT2D eigenvalue weighted by molar-refractivity contribution is 5.79. The fourth-order valence-electron chi connectivity index (χ4n) is 3.39. The SMILES string of the molecule is CN=C(NCc1ncnn1C)N1CCN(Cc2ccc3c(c2)OCO3)CC1. The molecule has 1 aromatic carbocycles. The molecule has 1 N–H and O–H groups in total. The summed E-state index contributed by atoms with van der Waals surface area (Å²) >= 11 is 0. The van der Waals surface area contributed by atoms with Gasteiger partial charge in [0.2, 0.25) is 6.79 Å². The average Bonchev–Trinajstić information content (AvgIpc) is 3.32. The van der Waals surface area contributed by atoms with E-state index in [0.717, 1.165) is 56.0 Å². The smallest absolute Gasteiger partial charge is 0.231 e. The van der Waals surface area contributed by atoms with Crippen LogP contribution in [0.4, 0.5) is 0 Å². The van der Waals surface area contributed by atoms with Gasteiger partial charge in [-0.1, -0.05) is 6.07 Å². The molecule has 0 atom stereocenters. The quantitative estimate of drug-likeness (QED) is 0.617. The number of piperazine rings is 1. The van der Waals surface area contributed by atoms with Gasteiger partial charge in [0.25, 0.3) is 0 Å². The lowest BCUT2D eigenvalue weighted by atomic mass is 10.1. The molecule has 0 unspecified atom stereocenters. The molecular formula is C18H25N7O2. The zero-order valence-electron chi connectivity index (χ0n) is 15.8. The van der Waals surface area contributed by atoms with E-state index in [1.807, 2.05) is 20.2 Å². The molecule has 27 heavy (non-hydrogen) atoms. The molecule has 1 saturated heterocycles. The minimum absolute atomic E-state index is 0.317.